The summed E-state index contributed by atoms with van der Waals surface area (Å²) in [4.78, 5) is 75.9. The van der Waals surface area contributed by atoms with Crippen LogP contribution in [0, 0.1) is 34.5 Å². The summed E-state index contributed by atoms with van der Waals surface area (Å²) in [7, 11) is 0. The highest BCUT2D eigenvalue weighted by Crippen LogP contribution is 2.66. The van der Waals surface area contributed by atoms with Crippen molar-refractivity contribution in [1.82, 2.24) is 0 Å². The zero-order valence-electron chi connectivity index (χ0n) is 26.9. The number of fused-ring (bicyclic) bond motifs is 5. The van der Waals surface area contributed by atoms with Gasteiger partial charge in [-0.2, -0.15) is 0 Å². The maximum Gasteiger partial charge on any atom is 0.375 e. The van der Waals surface area contributed by atoms with Crippen LogP contribution >= 0.6 is 15.9 Å². The van der Waals surface area contributed by atoms with Gasteiger partial charge in [-0.25, -0.2) is 4.79 Å². The van der Waals surface area contributed by atoms with E-state index in [0.717, 1.165) is 38.5 Å². The Morgan fingerprint density at radius 3 is 2.09 bits per heavy atom. The first-order valence-electron chi connectivity index (χ1n) is 15.7. The molecule has 3 saturated carbocycles. The van der Waals surface area contributed by atoms with Gasteiger partial charge in [0.25, 0.3) is 5.78 Å². The molecule has 45 heavy (non-hydrogen) atoms. The third kappa shape index (κ3) is 8.21. The van der Waals surface area contributed by atoms with Crippen molar-refractivity contribution in [3.8, 4) is 0 Å². The number of benzene rings is 1. The zero-order valence-corrected chi connectivity index (χ0v) is 28.5. The Balaban J connectivity index is 0.000000284. The zero-order chi connectivity index (χ0) is 33.5. The number of aldehydes is 1. The van der Waals surface area contributed by atoms with Crippen molar-refractivity contribution in [3.63, 3.8) is 0 Å². The number of ether oxygens (including phenoxy) is 1. The quantitative estimate of drug-likeness (QED) is 0.0822. The van der Waals surface area contributed by atoms with Gasteiger partial charge < -0.3 is 4.74 Å². The summed E-state index contributed by atoms with van der Waals surface area (Å²) < 4.78 is 5.50. The van der Waals surface area contributed by atoms with Crippen molar-refractivity contribution in [2.45, 2.75) is 92.1 Å². The van der Waals surface area contributed by atoms with Crippen molar-refractivity contribution in [2.24, 2.45) is 34.5 Å². The van der Waals surface area contributed by atoms with E-state index in [1.807, 2.05) is 0 Å². The highest BCUT2D eigenvalue weighted by Gasteiger charge is 2.59. The van der Waals surface area contributed by atoms with Gasteiger partial charge >= 0.3 is 5.97 Å². The van der Waals surface area contributed by atoms with Crippen molar-refractivity contribution >= 4 is 57.1 Å². The Morgan fingerprint density at radius 2 is 1.53 bits per heavy atom. The van der Waals surface area contributed by atoms with Gasteiger partial charge in [0.05, 0.1) is 5.33 Å². The standard InChI is InChI=1S/C24H33BrO4.C8H6O2.C4H6O2/c1-14(26)18-6-7-19-17-5-4-15-12-16(29-22(28)21(27)13-25)8-10-23(15,2)20(17)9-11-24(18,19)3;9-6-8(10)7-4-2-1-3-5-7;1-3(5)4(2)6/h4,16-20H,5-13H2,1-3H3;1-6H;1-2H3/t16-,17-,18+,19-,20-,23-,24+;;/m0../s1. The SMILES string of the molecule is CC(=O)C(C)=O.CC(=O)[C@H]1CC[C@H]2[C@@H]3CC=C4C[C@@H](OC(=O)C(=O)CBr)CC[C@]4(C)[C@H]3CC[C@]12C.O=CC(=O)c1ccccc1. The number of carbonyl (C=O) groups excluding carboxylic acids is 7. The second-order valence-electron chi connectivity index (χ2n) is 13.3. The second kappa shape index (κ2) is 15.5. The fourth-order valence-corrected chi connectivity index (χ4v) is 8.57. The minimum atomic E-state index is -0.709. The molecule has 9 heteroatoms. The van der Waals surface area contributed by atoms with Crippen LogP contribution in [0.1, 0.15) is 96.3 Å². The number of rotatable bonds is 7. The third-order valence-electron chi connectivity index (χ3n) is 10.8. The van der Waals surface area contributed by atoms with E-state index < -0.39 is 17.5 Å². The summed E-state index contributed by atoms with van der Waals surface area (Å²) in [5, 5.41) is 0.0180. The van der Waals surface area contributed by atoms with Gasteiger partial charge in [0, 0.05) is 31.7 Å². The molecule has 0 radical (unpaired) electrons. The maximum atomic E-state index is 12.3. The molecule has 3 fully saturated rings. The number of halogens is 1. The van der Waals surface area contributed by atoms with Gasteiger partial charge in [-0.3, -0.25) is 28.8 Å². The van der Waals surface area contributed by atoms with E-state index in [1.165, 1.54) is 32.3 Å². The average Bonchev–Trinajstić information content (AvgIpc) is 3.39. The number of carbonyl (C=O) groups is 7. The molecule has 7 atom stereocenters. The van der Waals surface area contributed by atoms with Gasteiger partial charge in [-0.1, -0.05) is 71.8 Å². The van der Waals surface area contributed by atoms with E-state index in [9.17, 15) is 33.6 Å². The maximum absolute atomic E-state index is 12.3. The van der Waals surface area contributed by atoms with E-state index in [0.29, 0.717) is 35.4 Å². The number of Topliss-reactive ketones (excluding diaryl/α,β-unsaturated/α-hetero) is 5. The van der Waals surface area contributed by atoms with Crippen molar-refractivity contribution in [2.75, 3.05) is 5.33 Å². The number of ketones is 5. The molecule has 0 heterocycles. The van der Waals surface area contributed by atoms with E-state index >= 15 is 0 Å². The molecule has 1 aromatic rings. The first-order chi connectivity index (χ1) is 21.2. The third-order valence-corrected chi connectivity index (χ3v) is 11.3. The lowest BCUT2D eigenvalue weighted by atomic mass is 9.47. The normalized spacial score (nSPS) is 31.0. The lowest BCUT2D eigenvalue weighted by molar-refractivity contribution is -0.158. The molecule has 4 aliphatic carbocycles. The molecule has 244 valence electrons. The van der Waals surface area contributed by atoms with Gasteiger partial charge in [-0.05, 0) is 80.5 Å². The molecule has 0 aliphatic heterocycles. The van der Waals surface area contributed by atoms with Crippen molar-refractivity contribution in [3.05, 3.63) is 47.5 Å². The summed E-state index contributed by atoms with van der Waals surface area (Å²) in [5.41, 5.74) is 2.22. The monoisotopic (exact) mass is 684 g/mol. The predicted octanol–water partition coefficient (Wildman–Crippen LogP) is 6.26. The molecule has 8 nitrogen and oxygen atoms in total. The molecule has 5 rings (SSSR count). The van der Waals surface area contributed by atoms with Crippen molar-refractivity contribution < 1.29 is 38.3 Å². The summed E-state index contributed by atoms with van der Waals surface area (Å²) in [6.07, 6.45) is 10.9. The Kier molecular flexibility index (Phi) is 12.5. The highest BCUT2D eigenvalue weighted by molar-refractivity contribution is 9.09. The van der Waals surface area contributed by atoms with Crippen LogP contribution in [0.3, 0.4) is 0 Å². The van der Waals surface area contributed by atoms with Crippen LogP contribution in [0.15, 0.2) is 42.0 Å². The van der Waals surface area contributed by atoms with Crippen molar-refractivity contribution in [1.29, 1.82) is 0 Å². The molecular weight excluding hydrogens is 640 g/mol. The van der Waals surface area contributed by atoms with Crippen LogP contribution in [-0.2, 0) is 33.5 Å². The molecular formula is C36H45BrO8. The molecule has 0 amide bonds. The van der Waals surface area contributed by atoms with Crippen LogP contribution in [0.4, 0.5) is 0 Å². The summed E-state index contributed by atoms with van der Waals surface area (Å²) in [6, 6.07) is 8.45. The Morgan fingerprint density at radius 1 is 0.889 bits per heavy atom. The number of esters is 1. The molecule has 0 bridgehead atoms. The minimum absolute atomic E-state index is 0.0180. The molecule has 0 aromatic heterocycles. The lowest BCUT2D eigenvalue weighted by Crippen LogP contribution is -2.51. The first-order valence-corrected chi connectivity index (χ1v) is 16.9. The minimum Gasteiger partial charge on any atom is -0.456 e. The smallest absolute Gasteiger partial charge is 0.375 e. The van der Waals surface area contributed by atoms with Gasteiger partial charge in [0.15, 0.2) is 17.9 Å². The lowest BCUT2D eigenvalue weighted by Gasteiger charge is -2.58. The summed E-state index contributed by atoms with van der Waals surface area (Å²) in [6.45, 7) is 9.08. The number of alkyl halides is 1. The Bertz CT molecular complexity index is 1340. The molecule has 4 aliphatic rings. The molecule has 1 aromatic carbocycles. The first kappa shape index (κ1) is 36.4. The second-order valence-corrected chi connectivity index (χ2v) is 13.9. The number of allylic oxidation sites excluding steroid dienone is 1. The molecule has 0 unspecified atom stereocenters. The van der Waals surface area contributed by atoms with Gasteiger partial charge in [0.2, 0.25) is 5.78 Å². The van der Waals surface area contributed by atoms with Crippen LogP contribution < -0.4 is 0 Å². The Hall–Kier alpha value is -3.07. The molecule has 0 spiro atoms. The predicted molar refractivity (Wildman–Crippen MR) is 173 cm³/mol. The van der Waals surface area contributed by atoms with Crippen LogP contribution in [0.2, 0.25) is 0 Å². The van der Waals surface area contributed by atoms with Crippen LogP contribution in [0.25, 0.3) is 0 Å². The number of hydrogen-bond acceptors (Lipinski definition) is 8. The number of hydrogen-bond donors (Lipinski definition) is 0. The van der Waals surface area contributed by atoms with Crippen LogP contribution in [0.5, 0.6) is 0 Å². The van der Waals surface area contributed by atoms with Gasteiger partial charge in [-0.15, -0.1) is 0 Å². The molecule has 0 saturated heterocycles. The topological polar surface area (TPSA) is 129 Å². The summed E-state index contributed by atoms with van der Waals surface area (Å²) in [5.74, 6) is 0.152. The van der Waals surface area contributed by atoms with E-state index in [-0.39, 0.29) is 39.7 Å². The van der Waals surface area contributed by atoms with Gasteiger partial charge in [0.1, 0.15) is 11.9 Å². The summed E-state index contributed by atoms with van der Waals surface area (Å²) >= 11 is 3.04. The Labute approximate surface area is 274 Å². The van der Waals surface area contributed by atoms with Crippen LogP contribution in [-0.4, -0.2) is 52.6 Å². The van der Waals surface area contributed by atoms with E-state index in [4.69, 9.17) is 4.74 Å². The molecule has 0 N–H and O–H groups in total. The van der Waals surface area contributed by atoms with E-state index in [2.05, 4.69) is 35.9 Å². The largest absolute Gasteiger partial charge is 0.456 e. The van der Waals surface area contributed by atoms with E-state index in [1.54, 1.807) is 37.3 Å². The average molecular weight is 686 g/mol. The fraction of sp³-hybridized carbons (Fsp3) is 0.583. The fourth-order valence-electron chi connectivity index (χ4n) is 8.34. The highest BCUT2D eigenvalue weighted by atomic mass is 79.9.